The van der Waals surface area contributed by atoms with Gasteiger partial charge in [0, 0.05) is 0 Å². The molecule has 0 aromatic heterocycles. The third-order valence-corrected chi connectivity index (χ3v) is 3.69. The van der Waals surface area contributed by atoms with Crippen molar-refractivity contribution in [1.82, 2.24) is 0 Å². The highest BCUT2D eigenvalue weighted by Gasteiger charge is 2.11. The van der Waals surface area contributed by atoms with Crippen LogP contribution < -0.4 is 0 Å². The minimum absolute atomic E-state index is 0.292. The fourth-order valence-electron chi connectivity index (χ4n) is 1.92. The monoisotopic (exact) mass is 308 g/mol. The lowest BCUT2D eigenvalue weighted by atomic mass is 10.0. The fourth-order valence-corrected chi connectivity index (χ4v) is 2.34. The second-order valence-corrected chi connectivity index (χ2v) is 5.05. The Morgan fingerprint density at radius 3 is 2.44 bits per heavy atom. The summed E-state index contributed by atoms with van der Waals surface area (Å²) in [5.41, 5.74) is 1.87. The van der Waals surface area contributed by atoms with E-state index in [2.05, 4.69) is 15.9 Å². The van der Waals surface area contributed by atoms with E-state index in [0.717, 1.165) is 11.1 Å². The second kappa shape index (κ2) is 6.12. The van der Waals surface area contributed by atoms with Crippen molar-refractivity contribution in [3.8, 4) is 0 Å². The summed E-state index contributed by atoms with van der Waals surface area (Å²) >= 11 is 3.21. The molecule has 1 nitrogen and oxygen atoms in total. The van der Waals surface area contributed by atoms with Gasteiger partial charge in [-0.3, -0.25) is 0 Å². The number of hydrogen-bond acceptors (Lipinski definition) is 1. The molecule has 2 aromatic rings. The molecule has 0 radical (unpaired) electrons. The van der Waals surface area contributed by atoms with E-state index in [1.807, 2.05) is 36.4 Å². The van der Waals surface area contributed by atoms with E-state index in [9.17, 15) is 9.50 Å². The molecule has 94 valence electrons. The molecule has 0 aliphatic rings. The molecule has 1 N–H and O–H groups in total. The van der Waals surface area contributed by atoms with Crippen LogP contribution >= 0.6 is 15.9 Å². The van der Waals surface area contributed by atoms with Gasteiger partial charge in [-0.2, -0.15) is 0 Å². The van der Waals surface area contributed by atoms with Crippen LogP contribution in [0.3, 0.4) is 0 Å². The molecule has 0 amide bonds. The van der Waals surface area contributed by atoms with Crippen molar-refractivity contribution < 1.29 is 9.50 Å². The lowest BCUT2D eigenvalue weighted by molar-refractivity contribution is 0.175. The van der Waals surface area contributed by atoms with Gasteiger partial charge in [0.1, 0.15) is 5.82 Å². The lowest BCUT2D eigenvalue weighted by Crippen LogP contribution is -2.14. The summed E-state index contributed by atoms with van der Waals surface area (Å²) in [5.74, 6) is -0.292. The van der Waals surface area contributed by atoms with E-state index in [0.29, 0.717) is 17.3 Å². The van der Waals surface area contributed by atoms with Gasteiger partial charge < -0.3 is 5.11 Å². The van der Waals surface area contributed by atoms with E-state index >= 15 is 0 Å². The van der Waals surface area contributed by atoms with Gasteiger partial charge in [-0.1, -0.05) is 42.5 Å². The Morgan fingerprint density at radius 1 is 1.00 bits per heavy atom. The Balaban J connectivity index is 2.03. The summed E-state index contributed by atoms with van der Waals surface area (Å²) < 4.78 is 13.8. The summed E-state index contributed by atoms with van der Waals surface area (Å²) in [6, 6.07) is 14.7. The van der Waals surface area contributed by atoms with Crippen molar-refractivity contribution in [2.75, 3.05) is 0 Å². The van der Waals surface area contributed by atoms with Gasteiger partial charge in [-0.15, -0.1) is 0 Å². The second-order valence-electron chi connectivity index (χ2n) is 4.26. The average molecular weight is 309 g/mol. The zero-order valence-electron chi connectivity index (χ0n) is 9.81. The highest BCUT2D eigenvalue weighted by molar-refractivity contribution is 9.10. The SMILES string of the molecule is OC(Cc1ccccc1)Cc1cccc(F)c1Br. The summed E-state index contributed by atoms with van der Waals surface area (Å²) in [5, 5.41) is 10.0. The van der Waals surface area contributed by atoms with Gasteiger partial charge in [0.25, 0.3) is 0 Å². The predicted octanol–water partition coefficient (Wildman–Crippen LogP) is 3.73. The van der Waals surface area contributed by atoms with Gasteiger partial charge >= 0.3 is 0 Å². The molecule has 2 rings (SSSR count). The number of aliphatic hydroxyl groups is 1. The maximum Gasteiger partial charge on any atom is 0.137 e. The third-order valence-electron chi connectivity index (χ3n) is 2.80. The van der Waals surface area contributed by atoms with E-state index in [-0.39, 0.29) is 5.82 Å². The van der Waals surface area contributed by atoms with Crippen LogP contribution in [-0.2, 0) is 12.8 Å². The molecule has 0 saturated heterocycles. The van der Waals surface area contributed by atoms with Crippen LogP contribution in [0.25, 0.3) is 0 Å². The summed E-state index contributed by atoms with van der Waals surface area (Å²) in [4.78, 5) is 0. The Kier molecular flexibility index (Phi) is 4.50. The molecule has 1 atom stereocenters. The molecule has 18 heavy (non-hydrogen) atoms. The Morgan fingerprint density at radius 2 is 1.72 bits per heavy atom. The van der Waals surface area contributed by atoms with Crippen LogP contribution in [0.2, 0.25) is 0 Å². The standard InChI is InChI=1S/C15H14BrFO/c16-15-12(7-4-8-14(15)17)10-13(18)9-11-5-2-1-3-6-11/h1-8,13,18H,9-10H2. The van der Waals surface area contributed by atoms with Gasteiger partial charge in [-0.25, -0.2) is 4.39 Å². The largest absolute Gasteiger partial charge is 0.392 e. The summed E-state index contributed by atoms with van der Waals surface area (Å²) in [6.45, 7) is 0. The van der Waals surface area contributed by atoms with Gasteiger partial charge in [0.2, 0.25) is 0 Å². The maximum absolute atomic E-state index is 13.3. The van der Waals surface area contributed by atoms with Gasteiger partial charge in [0.15, 0.2) is 0 Å². The van der Waals surface area contributed by atoms with Crippen molar-refractivity contribution in [2.24, 2.45) is 0 Å². The fraction of sp³-hybridized carbons (Fsp3) is 0.200. The first-order valence-corrected chi connectivity index (χ1v) is 6.61. The first-order valence-electron chi connectivity index (χ1n) is 5.81. The number of hydrogen-bond donors (Lipinski definition) is 1. The van der Waals surface area contributed by atoms with Crippen LogP contribution in [0, 0.1) is 5.82 Å². The smallest absolute Gasteiger partial charge is 0.137 e. The maximum atomic E-state index is 13.3. The molecule has 0 aliphatic carbocycles. The van der Waals surface area contributed by atoms with E-state index in [4.69, 9.17) is 0 Å². The van der Waals surface area contributed by atoms with Crippen LogP contribution in [0.4, 0.5) is 4.39 Å². The van der Waals surface area contributed by atoms with Gasteiger partial charge in [0.05, 0.1) is 10.6 Å². The number of benzene rings is 2. The predicted molar refractivity (Wildman–Crippen MR) is 74.0 cm³/mol. The topological polar surface area (TPSA) is 20.2 Å². The Labute approximate surface area is 114 Å². The minimum Gasteiger partial charge on any atom is -0.392 e. The Bertz CT molecular complexity index is 513. The summed E-state index contributed by atoms with van der Waals surface area (Å²) in [7, 11) is 0. The molecular weight excluding hydrogens is 295 g/mol. The van der Waals surface area contributed by atoms with Crippen LogP contribution in [0.1, 0.15) is 11.1 Å². The van der Waals surface area contributed by atoms with Crippen molar-refractivity contribution in [1.29, 1.82) is 0 Å². The first-order chi connectivity index (χ1) is 8.66. The molecule has 0 bridgehead atoms. The molecular formula is C15H14BrFO. The van der Waals surface area contributed by atoms with Crippen LogP contribution in [-0.4, -0.2) is 11.2 Å². The lowest BCUT2D eigenvalue weighted by Gasteiger charge is -2.12. The minimum atomic E-state index is -0.509. The van der Waals surface area contributed by atoms with Crippen LogP contribution in [0.15, 0.2) is 53.0 Å². The van der Waals surface area contributed by atoms with Crippen molar-refractivity contribution >= 4 is 15.9 Å². The molecule has 0 spiro atoms. The van der Waals surface area contributed by atoms with Crippen molar-refractivity contribution in [2.45, 2.75) is 18.9 Å². The number of aliphatic hydroxyl groups excluding tert-OH is 1. The molecule has 0 aliphatic heterocycles. The van der Waals surface area contributed by atoms with E-state index in [1.165, 1.54) is 6.07 Å². The Hall–Kier alpha value is -1.19. The zero-order valence-corrected chi connectivity index (χ0v) is 11.4. The average Bonchev–Trinajstić information content (AvgIpc) is 2.36. The zero-order chi connectivity index (χ0) is 13.0. The quantitative estimate of drug-likeness (QED) is 0.912. The molecule has 1 unspecified atom stereocenters. The molecule has 3 heteroatoms. The van der Waals surface area contributed by atoms with Crippen LogP contribution in [0.5, 0.6) is 0 Å². The normalized spacial score (nSPS) is 12.4. The number of rotatable bonds is 4. The van der Waals surface area contributed by atoms with E-state index in [1.54, 1.807) is 6.07 Å². The molecule has 0 heterocycles. The molecule has 0 saturated carbocycles. The third kappa shape index (κ3) is 3.40. The first kappa shape index (κ1) is 13.2. The summed E-state index contributed by atoms with van der Waals surface area (Å²) in [6.07, 6.45) is 0.502. The van der Waals surface area contributed by atoms with E-state index < -0.39 is 6.10 Å². The van der Waals surface area contributed by atoms with Crippen molar-refractivity contribution in [3.05, 3.63) is 69.9 Å². The molecule has 0 fully saturated rings. The van der Waals surface area contributed by atoms with Crippen molar-refractivity contribution in [3.63, 3.8) is 0 Å². The number of halogens is 2. The van der Waals surface area contributed by atoms with Gasteiger partial charge in [-0.05, 0) is 46.0 Å². The molecule has 2 aromatic carbocycles. The highest BCUT2D eigenvalue weighted by Crippen LogP contribution is 2.22. The highest BCUT2D eigenvalue weighted by atomic mass is 79.9.